The van der Waals surface area contributed by atoms with Crippen LogP contribution in [-0.4, -0.2) is 0 Å². The second-order valence-corrected chi connectivity index (χ2v) is 5.75. The molecule has 18 heavy (non-hydrogen) atoms. The van der Waals surface area contributed by atoms with Crippen molar-refractivity contribution >= 4 is 15.9 Å². The smallest absolute Gasteiger partial charge is 0.129 e. The van der Waals surface area contributed by atoms with Crippen molar-refractivity contribution in [2.24, 2.45) is 11.7 Å². The lowest BCUT2D eigenvalue weighted by Crippen LogP contribution is -2.17. The summed E-state index contributed by atoms with van der Waals surface area (Å²) in [6, 6.07) is 4.81. The van der Waals surface area contributed by atoms with E-state index in [-0.39, 0.29) is 11.9 Å². The van der Waals surface area contributed by atoms with Gasteiger partial charge in [-0.05, 0) is 24.5 Å². The fourth-order valence-electron chi connectivity index (χ4n) is 2.32. The second-order valence-electron chi connectivity index (χ2n) is 4.89. The molecule has 2 unspecified atom stereocenters. The van der Waals surface area contributed by atoms with Gasteiger partial charge in [-0.2, -0.15) is 0 Å². The monoisotopic (exact) mass is 315 g/mol. The molecule has 1 rings (SSSR count). The Morgan fingerprint density at radius 3 is 2.61 bits per heavy atom. The zero-order valence-corrected chi connectivity index (χ0v) is 12.8. The fraction of sp³-hybridized carbons (Fsp3) is 0.600. The van der Waals surface area contributed by atoms with Gasteiger partial charge in [-0.1, -0.05) is 61.5 Å². The number of rotatable bonds is 7. The van der Waals surface area contributed by atoms with Crippen LogP contribution in [0.3, 0.4) is 0 Å². The molecule has 0 saturated carbocycles. The number of nitrogens with two attached hydrogens (primary N) is 1. The Kier molecular flexibility index (Phi) is 6.87. The standard InChI is InChI=1S/C15H23BrFN/c1-3-5-7-11(4-2)10-14(18)15-12(16)8-6-9-13(15)17/h6,8-9,11,14H,3-5,7,10,18H2,1-2H3. The van der Waals surface area contributed by atoms with Crippen LogP contribution < -0.4 is 5.73 Å². The molecule has 0 heterocycles. The Morgan fingerprint density at radius 1 is 1.33 bits per heavy atom. The van der Waals surface area contributed by atoms with E-state index in [2.05, 4.69) is 29.8 Å². The molecular weight excluding hydrogens is 293 g/mol. The number of halogens is 2. The number of unbranched alkanes of at least 4 members (excludes halogenated alkanes) is 1. The number of hydrogen-bond donors (Lipinski definition) is 1. The van der Waals surface area contributed by atoms with Crippen LogP contribution in [0.5, 0.6) is 0 Å². The van der Waals surface area contributed by atoms with Gasteiger partial charge in [-0.25, -0.2) is 4.39 Å². The molecule has 102 valence electrons. The Balaban J connectivity index is 2.71. The second kappa shape index (κ2) is 7.90. The first-order chi connectivity index (χ1) is 8.60. The third-order valence-electron chi connectivity index (χ3n) is 3.50. The summed E-state index contributed by atoms with van der Waals surface area (Å²) in [7, 11) is 0. The highest BCUT2D eigenvalue weighted by Crippen LogP contribution is 2.31. The van der Waals surface area contributed by atoms with E-state index < -0.39 is 0 Å². The van der Waals surface area contributed by atoms with Gasteiger partial charge < -0.3 is 5.73 Å². The predicted octanol–water partition coefficient (Wildman–Crippen LogP) is 5.19. The molecule has 2 atom stereocenters. The molecule has 0 amide bonds. The highest BCUT2D eigenvalue weighted by molar-refractivity contribution is 9.10. The predicted molar refractivity (Wildman–Crippen MR) is 79.0 cm³/mol. The van der Waals surface area contributed by atoms with E-state index in [1.165, 1.54) is 25.3 Å². The van der Waals surface area contributed by atoms with E-state index in [0.29, 0.717) is 11.5 Å². The first kappa shape index (κ1) is 15.6. The van der Waals surface area contributed by atoms with Crippen molar-refractivity contribution in [1.82, 2.24) is 0 Å². The molecule has 3 heteroatoms. The van der Waals surface area contributed by atoms with Crippen LogP contribution >= 0.6 is 15.9 Å². The van der Waals surface area contributed by atoms with Crippen molar-refractivity contribution in [3.63, 3.8) is 0 Å². The average Bonchev–Trinajstić information content (AvgIpc) is 2.34. The third-order valence-corrected chi connectivity index (χ3v) is 4.19. The first-order valence-corrected chi connectivity index (χ1v) is 7.58. The van der Waals surface area contributed by atoms with Crippen molar-refractivity contribution in [2.45, 2.75) is 52.0 Å². The van der Waals surface area contributed by atoms with E-state index in [1.54, 1.807) is 6.07 Å². The van der Waals surface area contributed by atoms with Crippen molar-refractivity contribution < 1.29 is 4.39 Å². The van der Waals surface area contributed by atoms with Gasteiger partial charge in [0.05, 0.1) is 0 Å². The van der Waals surface area contributed by atoms with Gasteiger partial charge in [0.2, 0.25) is 0 Å². The molecule has 2 N–H and O–H groups in total. The Morgan fingerprint density at radius 2 is 2.06 bits per heavy atom. The molecule has 1 aromatic rings. The van der Waals surface area contributed by atoms with E-state index in [9.17, 15) is 4.39 Å². The summed E-state index contributed by atoms with van der Waals surface area (Å²) in [6.45, 7) is 4.38. The number of hydrogen-bond acceptors (Lipinski definition) is 1. The molecule has 0 saturated heterocycles. The van der Waals surface area contributed by atoms with Gasteiger partial charge in [0, 0.05) is 16.1 Å². The van der Waals surface area contributed by atoms with Crippen LogP contribution in [0.1, 0.15) is 57.6 Å². The minimum atomic E-state index is -0.220. The van der Waals surface area contributed by atoms with Crippen LogP contribution in [0.15, 0.2) is 22.7 Å². The molecule has 0 fully saturated rings. The SMILES string of the molecule is CCCCC(CC)CC(N)c1c(F)cccc1Br. The summed E-state index contributed by atoms with van der Waals surface area (Å²) in [5, 5.41) is 0. The van der Waals surface area contributed by atoms with E-state index in [0.717, 1.165) is 17.3 Å². The molecule has 1 aromatic carbocycles. The van der Waals surface area contributed by atoms with Crippen molar-refractivity contribution in [3.05, 3.63) is 34.1 Å². The maximum atomic E-state index is 13.8. The number of benzene rings is 1. The van der Waals surface area contributed by atoms with Crippen molar-refractivity contribution in [1.29, 1.82) is 0 Å². The first-order valence-electron chi connectivity index (χ1n) is 6.79. The van der Waals surface area contributed by atoms with E-state index in [1.807, 2.05) is 6.07 Å². The lowest BCUT2D eigenvalue weighted by molar-refractivity contribution is 0.383. The van der Waals surface area contributed by atoms with Crippen molar-refractivity contribution in [3.8, 4) is 0 Å². The topological polar surface area (TPSA) is 26.0 Å². The van der Waals surface area contributed by atoms with Gasteiger partial charge in [-0.3, -0.25) is 0 Å². The molecule has 0 aromatic heterocycles. The minimum absolute atomic E-state index is 0.206. The minimum Gasteiger partial charge on any atom is -0.324 e. The lowest BCUT2D eigenvalue weighted by atomic mass is 9.89. The van der Waals surface area contributed by atoms with Gasteiger partial charge in [-0.15, -0.1) is 0 Å². The molecule has 0 aliphatic rings. The van der Waals surface area contributed by atoms with Gasteiger partial charge >= 0.3 is 0 Å². The summed E-state index contributed by atoms with van der Waals surface area (Å²) in [6.07, 6.45) is 5.58. The van der Waals surface area contributed by atoms with Crippen LogP contribution in [0.4, 0.5) is 4.39 Å². The van der Waals surface area contributed by atoms with Crippen LogP contribution in [0.25, 0.3) is 0 Å². The quantitative estimate of drug-likeness (QED) is 0.735. The van der Waals surface area contributed by atoms with Gasteiger partial charge in [0.25, 0.3) is 0 Å². The summed E-state index contributed by atoms with van der Waals surface area (Å²) in [5.41, 5.74) is 6.79. The maximum Gasteiger partial charge on any atom is 0.129 e. The van der Waals surface area contributed by atoms with Gasteiger partial charge in [0.1, 0.15) is 5.82 Å². The third kappa shape index (κ3) is 4.36. The zero-order chi connectivity index (χ0) is 13.5. The Hall–Kier alpha value is -0.410. The van der Waals surface area contributed by atoms with Crippen molar-refractivity contribution in [2.75, 3.05) is 0 Å². The van der Waals surface area contributed by atoms with E-state index >= 15 is 0 Å². The highest BCUT2D eigenvalue weighted by atomic mass is 79.9. The Bertz CT molecular complexity index is 347. The Labute approximate surface area is 118 Å². The van der Waals surface area contributed by atoms with Gasteiger partial charge in [0.15, 0.2) is 0 Å². The largest absolute Gasteiger partial charge is 0.324 e. The molecule has 0 bridgehead atoms. The molecule has 0 aliphatic carbocycles. The maximum absolute atomic E-state index is 13.8. The van der Waals surface area contributed by atoms with Crippen LogP contribution in [0, 0.1) is 11.7 Å². The summed E-state index contributed by atoms with van der Waals surface area (Å²) in [5.74, 6) is 0.383. The zero-order valence-electron chi connectivity index (χ0n) is 11.3. The molecular formula is C15H23BrFN. The summed E-state index contributed by atoms with van der Waals surface area (Å²) < 4.78 is 14.6. The molecule has 0 aliphatic heterocycles. The normalized spacial score (nSPS) is 14.5. The lowest BCUT2D eigenvalue weighted by Gasteiger charge is -2.21. The summed E-state index contributed by atoms with van der Waals surface area (Å²) in [4.78, 5) is 0. The summed E-state index contributed by atoms with van der Waals surface area (Å²) >= 11 is 3.39. The fourth-order valence-corrected chi connectivity index (χ4v) is 2.96. The van der Waals surface area contributed by atoms with Crippen LogP contribution in [0.2, 0.25) is 0 Å². The molecule has 0 radical (unpaired) electrons. The van der Waals surface area contributed by atoms with Crippen LogP contribution in [-0.2, 0) is 0 Å². The average molecular weight is 316 g/mol. The molecule has 1 nitrogen and oxygen atoms in total. The van der Waals surface area contributed by atoms with E-state index in [4.69, 9.17) is 5.73 Å². The highest BCUT2D eigenvalue weighted by Gasteiger charge is 2.18. The molecule has 0 spiro atoms.